The third-order valence-electron chi connectivity index (χ3n) is 3.44. The number of esters is 1. The monoisotopic (exact) mass is 264 g/mol. The number of anilines is 2. The lowest BCUT2D eigenvalue weighted by Gasteiger charge is -2.28. The van der Waals surface area contributed by atoms with Crippen molar-refractivity contribution in [2.45, 2.75) is 25.8 Å². The summed E-state index contributed by atoms with van der Waals surface area (Å²) in [6.45, 7) is 2.97. The molecule has 0 saturated carbocycles. The molecule has 1 aliphatic rings. The van der Waals surface area contributed by atoms with Gasteiger partial charge in [0.2, 0.25) is 0 Å². The van der Waals surface area contributed by atoms with Gasteiger partial charge in [0.15, 0.2) is 0 Å². The zero-order chi connectivity index (χ0) is 13.8. The molecule has 1 heterocycles. The fraction of sp³-hybridized carbons (Fsp3) is 0.500. The Bertz CT molecular complexity index is 462. The lowest BCUT2D eigenvalue weighted by Crippen LogP contribution is -2.34. The first-order valence-electron chi connectivity index (χ1n) is 6.62. The second-order valence-corrected chi connectivity index (χ2v) is 4.64. The van der Waals surface area contributed by atoms with E-state index < -0.39 is 0 Å². The molecular weight excluding hydrogens is 244 g/mol. The van der Waals surface area contributed by atoms with E-state index in [1.165, 1.54) is 0 Å². The van der Waals surface area contributed by atoms with Gasteiger partial charge >= 0.3 is 5.97 Å². The number of aliphatic hydroxyl groups excluding tert-OH is 1. The summed E-state index contributed by atoms with van der Waals surface area (Å²) < 4.78 is 5.07. The topological polar surface area (TPSA) is 75.8 Å². The third kappa shape index (κ3) is 2.66. The van der Waals surface area contributed by atoms with Crippen molar-refractivity contribution in [3.8, 4) is 0 Å². The summed E-state index contributed by atoms with van der Waals surface area (Å²) in [5.74, 6) is -0.367. The van der Waals surface area contributed by atoms with E-state index in [-0.39, 0.29) is 18.6 Å². The second-order valence-electron chi connectivity index (χ2n) is 4.64. The van der Waals surface area contributed by atoms with Crippen LogP contribution in [0.15, 0.2) is 18.2 Å². The first-order valence-corrected chi connectivity index (χ1v) is 6.62. The van der Waals surface area contributed by atoms with Gasteiger partial charge in [-0.2, -0.15) is 0 Å². The number of para-hydroxylation sites is 1. The van der Waals surface area contributed by atoms with Gasteiger partial charge in [-0.3, -0.25) is 0 Å². The van der Waals surface area contributed by atoms with E-state index in [0.717, 1.165) is 19.4 Å². The number of carbonyl (C=O) groups is 1. The fourth-order valence-electron chi connectivity index (χ4n) is 2.58. The van der Waals surface area contributed by atoms with Crippen LogP contribution in [0.2, 0.25) is 0 Å². The average Bonchev–Trinajstić information content (AvgIpc) is 2.86. The lowest BCUT2D eigenvalue weighted by atomic mass is 10.1. The largest absolute Gasteiger partial charge is 0.462 e. The predicted molar refractivity (Wildman–Crippen MR) is 74.3 cm³/mol. The number of aliphatic hydroxyl groups is 1. The van der Waals surface area contributed by atoms with Crippen molar-refractivity contribution >= 4 is 17.3 Å². The molecule has 1 aromatic rings. The Kier molecular flexibility index (Phi) is 4.27. The van der Waals surface area contributed by atoms with E-state index in [1.54, 1.807) is 25.1 Å². The van der Waals surface area contributed by atoms with E-state index in [0.29, 0.717) is 23.5 Å². The van der Waals surface area contributed by atoms with Crippen LogP contribution in [0.4, 0.5) is 11.4 Å². The van der Waals surface area contributed by atoms with Crippen LogP contribution in [0.25, 0.3) is 0 Å². The van der Waals surface area contributed by atoms with Crippen molar-refractivity contribution in [2.75, 3.05) is 30.4 Å². The van der Waals surface area contributed by atoms with Crippen molar-refractivity contribution in [2.24, 2.45) is 0 Å². The van der Waals surface area contributed by atoms with E-state index in [9.17, 15) is 9.90 Å². The minimum Gasteiger partial charge on any atom is -0.462 e. The molecule has 1 unspecified atom stereocenters. The van der Waals surface area contributed by atoms with Crippen LogP contribution in [0.3, 0.4) is 0 Å². The van der Waals surface area contributed by atoms with Gasteiger partial charge in [0.1, 0.15) is 0 Å². The van der Waals surface area contributed by atoms with Crippen molar-refractivity contribution < 1.29 is 14.6 Å². The molecular formula is C14H20N2O3. The average molecular weight is 264 g/mol. The van der Waals surface area contributed by atoms with Crippen molar-refractivity contribution in [3.63, 3.8) is 0 Å². The highest BCUT2D eigenvalue weighted by Crippen LogP contribution is 2.34. The molecule has 0 amide bonds. The minimum atomic E-state index is -0.367. The van der Waals surface area contributed by atoms with Gasteiger partial charge in [0, 0.05) is 6.54 Å². The molecule has 0 bridgehead atoms. The molecule has 104 valence electrons. The molecule has 0 aliphatic carbocycles. The summed E-state index contributed by atoms with van der Waals surface area (Å²) in [6.07, 6.45) is 1.90. The number of nitrogens with two attached hydrogens (primary N) is 1. The van der Waals surface area contributed by atoms with Crippen LogP contribution < -0.4 is 10.6 Å². The van der Waals surface area contributed by atoms with Gasteiger partial charge < -0.3 is 20.5 Å². The number of rotatable bonds is 4. The second kappa shape index (κ2) is 5.93. The summed E-state index contributed by atoms with van der Waals surface area (Å²) in [6, 6.07) is 5.26. The van der Waals surface area contributed by atoms with Crippen LogP contribution in [-0.2, 0) is 4.74 Å². The molecule has 3 N–H and O–H groups in total. The molecule has 1 saturated heterocycles. The van der Waals surface area contributed by atoms with Crippen molar-refractivity contribution in [1.82, 2.24) is 0 Å². The van der Waals surface area contributed by atoms with E-state index in [1.807, 2.05) is 4.90 Å². The molecule has 19 heavy (non-hydrogen) atoms. The predicted octanol–water partition coefficient (Wildman–Crippen LogP) is 1.41. The SMILES string of the molecule is CCOC(=O)c1cccc(N)c1N1CCCC1CO. The molecule has 5 heteroatoms. The third-order valence-corrected chi connectivity index (χ3v) is 3.44. The zero-order valence-electron chi connectivity index (χ0n) is 11.1. The highest BCUT2D eigenvalue weighted by molar-refractivity contribution is 5.99. The summed E-state index contributed by atoms with van der Waals surface area (Å²) >= 11 is 0. The first-order chi connectivity index (χ1) is 9.19. The molecule has 5 nitrogen and oxygen atoms in total. The Balaban J connectivity index is 2.40. The van der Waals surface area contributed by atoms with Gasteiger partial charge in [-0.1, -0.05) is 6.07 Å². The van der Waals surface area contributed by atoms with Gasteiger partial charge in [0.25, 0.3) is 0 Å². The Morgan fingerprint density at radius 2 is 2.37 bits per heavy atom. The van der Waals surface area contributed by atoms with Gasteiger partial charge in [0.05, 0.1) is 36.2 Å². The van der Waals surface area contributed by atoms with Gasteiger partial charge in [-0.25, -0.2) is 4.79 Å². The number of ether oxygens (including phenoxy) is 1. The Morgan fingerprint density at radius 3 is 3.05 bits per heavy atom. The van der Waals surface area contributed by atoms with E-state index in [2.05, 4.69) is 0 Å². The number of nitrogens with zero attached hydrogens (tertiary/aromatic N) is 1. The van der Waals surface area contributed by atoms with Gasteiger partial charge in [-0.15, -0.1) is 0 Å². The van der Waals surface area contributed by atoms with Crippen molar-refractivity contribution in [1.29, 1.82) is 0 Å². The maximum atomic E-state index is 12.0. The quantitative estimate of drug-likeness (QED) is 0.635. The van der Waals surface area contributed by atoms with Crippen LogP contribution in [-0.4, -0.2) is 36.9 Å². The molecule has 1 fully saturated rings. The Hall–Kier alpha value is -1.75. The summed E-state index contributed by atoms with van der Waals surface area (Å²) in [7, 11) is 0. The number of hydrogen-bond acceptors (Lipinski definition) is 5. The molecule has 0 radical (unpaired) electrons. The first kappa shape index (κ1) is 13.7. The van der Waals surface area contributed by atoms with E-state index in [4.69, 9.17) is 10.5 Å². The molecule has 1 aromatic carbocycles. The standard InChI is InChI=1S/C14H20N2O3/c1-2-19-14(18)11-6-3-7-12(15)13(11)16-8-4-5-10(16)9-17/h3,6-7,10,17H,2,4-5,8-9,15H2,1H3. The van der Waals surface area contributed by atoms with Crippen LogP contribution >= 0.6 is 0 Å². The van der Waals surface area contributed by atoms with Crippen LogP contribution in [0, 0.1) is 0 Å². The highest BCUT2D eigenvalue weighted by Gasteiger charge is 2.29. The highest BCUT2D eigenvalue weighted by atomic mass is 16.5. The normalized spacial score (nSPS) is 18.6. The summed E-state index contributed by atoms with van der Waals surface area (Å²) in [4.78, 5) is 14.0. The number of nitrogen functional groups attached to an aromatic ring is 1. The Morgan fingerprint density at radius 1 is 1.58 bits per heavy atom. The molecule has 2 rings (SSSR count). The molecule has 1 atom stereocenters. The fourth-order valence-corrected chi connectivity index (χ4v) is 2.58. The molecule has 1 aliphatic heterocycles. The Labute approximate surface area is 113 Å². The van der Waals surface area contributed by atoms with Crippen molar-refractivity contribution in [3.05, 3.63) is 23.8 Å². The van der Waals surface area contributed by atoms with Crippen LogP contribution in [0.1, 0.15) is 30.1 Å². The number of carbonyl (C=O) groups excluding carboxylic acids is 1. The summed E-state index contributed by atoms with van der Waals surface area (Å²) in [5, 5.41) is 9.42. The zero-order valence-corrected chi connectivity index (χ0v) is 11.1. The number of hydrogen-bond donors (Lipinski definition) is 2. The smallest absolute Gasteiger partial charge is 0.340 e. The lowest BCUT2D eigenvalue weighted by molar-refractivity contribution is 0.0527. The minimum absolute atomic E-state index is 0.0258. The van der Waals surface area contributed by atoms with E-state index >= 15 is 0 Å². The maximum Gasteiger partial charge on any atom is 0.340 e. The maximum absolute atomic E-state index is 12.0. The van der Waals surface area contributed by atoms with Gasteiger partial charge in [-0.05, 0) is 31.9 Å². The number of benzene rings is 1. The molecule has 0 spiro atoms. The van der Waals surface area contributed by atoms with Crippen LogP contribution in [0.5, 0.6) is 0 Å². The molecule has 0 aromatic heterocycles. The summed E-state index contributed by atoms with van der Waals surface area (Å²) in [5.41, 5.74) is 7.73.